The Morgan fingerprint density at radius 3 is 2.83 bits per heavy atom. The third-order valence-electron chi connectivity index (χ3n) is 5.97. The third-order valence-corrected chi connectivity index (χ3v) is 7.12. The van der Waals surface area contributed by atoms with Crippen LogP contribution in [-0.2, 0) is 5.54 Å². The number of rotatable bonds is 3. The minimum Gasteiger partial charge on any atom is -0.340 e. The Kier molecular flexibility index (Phi) is 4.59. The smallest absolute Gasteiger partial charge is 0.186 e. The summed E-state index contributed by atoms with van der Waals surface area (Å²) in [7, 11) is 0. The molecule has 5 rings (SSSR count). The molecule has 8 heteroatoms. The van der Waals surface area contributed by atoms with E-state index in [0.29, 0.717) is 11.3 Å². The zero-order chi connectivity index (χ0) is 21.0. The molecule has 3 heterocycles. The number of imidazole rings is 1. The number of thioether (sulfide) groups is 1. The second kappa shape index (κ2) is 7.06. The molecule has 30 heavy (non-hydrogen) atoms. The van der Waals surface area contributed by atoms with Gasteiger partial charge in [0.1, 0.15) is 17.2 Å². The Hall–Kier alpha value is -2.45. The Morgan fingerprint density at radius 2 is 2.03 bits per heavy atom. The highest BCUT2D eigenvalue weighted by atomic mass is 32.2. The molecule has 4 nitrogen and oxygen atoms in total. The number of hydrogen-bond donors (Lipinski definition) is 1. The zero-order valence-corrected chi connectivity index (χ0v) is 17.4. The monoisotopic (exact) mass is 430 g/mol. The number of halogens is 3. The molecule has 2 atom stereocenters. The second-order valence-electron chi connectivity index (χ2n) is 7.94. The lowest BCUT2D eigenvalue weighted by Crippen LogP contribution is -2.50. The molecule has 1 fully saturated rings. The molecule has 0 aliphatic carbocycles. The van der Waals surface area contributed by atoms with E-state index in [1.54, 1.807) is 17.8 Å². The van der Waals surface area contributed by atoms with Crippen LogP contribution in [0.4, 0.5) is 13.2 Å². The fraction of sp³-hybridized carbons (Fsp3) is 0.318. The van der Waals surface area contributed by atoms with Gasteiger partial charge in [0.05, 0.1) is 16.4 Å². The second-order valence-corrected chi connectivity index (χ2v) is 9.30. The summed E-state index contributed by atoms with van der Waals surface area (Å²) in [6, 6.07) is 9.21. The number of fused-ring (bicyclic) bond motifs is 1. The molecule has 0 radical (unpaired) electrons. The van der Waals surface area contributed by atoms with Crippen molar-refractivity contribution in [2.24, 2.45) is 0 Å². The largest absolute Gasteiger partial charge is 0.340 e. The highest BCUT2D eigenvalue weighted by Gasteiger charge is 2.45. The van der Waals surface area contributed by atoms with Crippen molar-refractivity contribution in [3.63, 3.8) is 0 Å². The van der Waals surface area contributed by atoms with Crippen LogP contribution in [0.5, 0.6) is 0 Å². The van der Waals surface area contributed by atoms with Gasteiger partial charge in [0.2, 0.25) is 0 Å². The Morgan fingerprint density at radius 1 is 1.20 bits per heavy atom. The predicted octanol–water partition coefficient (Wildman–Crippen LogP) is 5.60. The average molecular weight is 430 g/mol. The van der Waals surface area contributed by atoms with Crippen molar-refractivity contribution in [3.05, 3.63) is 71.4 Å². The van der Waals surface area contributed by atoms with E-state index < -0.39 is 17.2 Å². The van der Waals surface area contributed by atoms with Crippen LogP contribution in [0, 0.1) is 17.5 Å². The number of aromatic amines is 1. The quantitative estimate of drug-likeness (QED) is 0.587. The van der Waals surface area contributed by atoms with Gasteiger partial charge < -0.3 is 4.98 Å². The molecule has 0 bridgehead atoms. The number of hydrazine groups is 1. The van der Waals surface area contributed by atoms with Crippen LogP contribution in [0.15, 0.2) is 42.6 Å². The minimum absolute atomic E-state index is 0.0258. The third kappa shape index (κ3) is 3.01. The van der Waals surface area contributed by atoms with Crippen LogP contribution in [0.25, 0.3) is 15.9 Å². The van der Waals surface area contributed by atoms with Gasteiger partial charge >= 0.3 is 0 Å². The molecule has 2 aromatic carbocycles. The summed E-state index contributed by atoms with van der Waals surface area (Å²) in [5, 5.41) is 4.49. The summed E-state index contributed by atoms with van der Waals surface area (Å²) in [6.45, 7) is 4.97. The van der Waals surface area contributed by atoms with Gasteiger partial charge in [-0.25, -0.2) is 23.2 Å². The molecule has 2 aliphatic heterocycles. The summed E-state index contributed by atoms with van der Waals surface area (Å²) < 4.78 is 41.6. The van der Waals surface area contributed by atoms with Crippen LogP contribution < -0.4 is 0 Å². The lowest BCUT2D eigenvalue weighted by Gasteiger charge is -2.41. The van der Waals surface area contributed by atoms with Gasteiger partial charge in [-0.2, -0.15) is 0 Å². The van der Waals surface area contributed by atoms with Crippen molar-refractivity contribution in [2.45, 2.75) is 37.6 Å². The first-order valence-corrected chi connectivity index (χ1v) is 10.8. The highest BCUT2D eigenvalue weighted by molar-refractivity contribution is 8.09. The molecular formula is C22H21F3N4S. The summed E-state index contributed by atoms with van der Waals surface area (Å²) in [5.41, 5.74) is 0.858. The molecule has 1 unspecified atom stereocenters. The van der Waals surface area contributed by atoms with Crippen molar-refractivity contribution in [2.75, 3.05) is 6.54 Å². The van der Waals surface area contributed by atoms with Crippen LogP contribution in [0.3, 0.4) is 0 Å². The van der Waals surface area contributed by atoms with E-state index in [4.69, 9.17) is 0 Å². The SMILES string of the molecule is CC1SC(c2cccc(F)c2)=CN1N1CCC[C@@]1(C)c1nc2c(F)c(F)ccc2[nH]1. The van der Waals surface area contributed by atoms with Crippen LogP contribution in [0.1, 0.15) is 38.1 Å². The number of hydrogen-bond acceptors (Lipinski definition) is 4. The van der Waals surface area contributed by atoms with Gasteiger partial charge in [-0.3, -0.25) is 5.01 Å². The number of nitrogens with one attached hydrogen (secondary N) is 1. The number of aromatic nitrogens is 2. The molecule has 2 aliphatic rings. The maximum atomic E-state index is 14.2. The van der Waals surface area contributed by atoms with Gasteiger partial charge in [-0.1, -0.05) is 23.9 Å². The Labute approximate surface area is 176 Å². The fourth-order valence-corrected chi connectivity index (χ4v) is 5.46. The van der Waals surface area contributed by atoms with Gasteiger partial charge in [-0.05, 0) is 56.5 Å². The van der Waals surface area contributed by atoms with Crippen LogP contribution in [0.2, 0.25) is 0 Å². The summed E-state index contributed by atoms with van der Waals surface area (Å²) in [5.74, 6) is -1.48. The molecule has 3 aromatic rings. The number of benzene rings is 2. The standard InChI is InChI=1S/C22H21F3N4S/c1-13-28(12-18(30-13)14-5-3-6-15(23)11-14)29-10-4-9-22(29,2)21-26-17-8-7-16(24)19(25)20(17)27-21/h3,5-8,11-13H,4,9-10H2,1-2H3,(H,26,27)/t13?,22-/m0/s1. The van der Waals surface area contributed by atoms with E-state index in [0.717, 1.165) is 35.9 Å². The molecule has 1 aromatic heterocycles. The molecule has 0 spiro atoms. The fourth-order valence-electron chi connectivity index (χ4n) is 4.38. The van der Waals surface area contributed by atoms with Gasteiger partial charge in [0.25, 0.3) is 0 Å². The molecule has 0 amide bonds. The molecular weight excluding hydrogens is 409 g/mol. The van der Waals surface area contributed by atoms with Crippen molar-refractivity contribution in [1.29, 1.82) is 0 Å². The number of nitrogens with zero attached hydrogens (tertiary/aromatic N) is 3. The van der Waals surface area contributed by atoms with Crippen molar-refractivity contribution < 1.29 is 13.2 Å². The van der Waals surface area contributed by atoms with E-state index >= 15 is 0 Å². The first kappa shape index (κ1) is 19.5. The van der Waals surface area contributed by atoms with Crippen LogP contribution >= 0.6 is 11.8 Å². The van der Waals surface area contributed by atoms with E-state index in [9.17, 15) is 13.2 Å². The lowest BCUT2D eigenvalue weighted by molar-refractivity contribution is -0.0492. The van der Waals surface area contributed by atoms with Crippen molar-refractivity contribution in [3.8, 4) is 0 Å². The lowest BCUT2D eigenvalue weighted by atomic mass is 9.99. The summed E-state index contributed by atoms with van der Waals surface area (Å²) in [4.78, 5) is 8.64. The average Bonchev–Trinajstić information content (AvgIpc) is 3.42. The Bertz CT molecular complexity index is 1160. The molecule has 0 saturated carbocycles. The van der Waals surface area contributed by atoms with E-state index in [2.05, 4.69) is 33.8 Å². The van der Waals surface area contributed by atoms with E-state index in [1.807, 2.05) is 12.3 Å². The molecule has 156 valence electrons. The molecule has 1 N–H and O–H groups in total. The maximum Gasteiger partial charge on any atom is 0.186 e. The van der Waals surface area contributed by atoms with E-state index in [1.165, 1.54) is 18.2 Å². The van der Waals surface area contributed by atoms with Gasteiger partial charge in [0, 0.05) is 17.6 Å². The van der Waals surface area contributed by atoms with Crippen LogP contribution in [-0.4, -0.2) is 31.9 Å². The summed E-state index contributed by atoms with van der Waals surface area (Å²) >= 11 is 1.67. The van der Waals surface area contributed by atoms with Gasteiger partial charge in [0.15, 0.2) is 11.6 Å². The van der Waals surface area contributed by atoms with E-state index in [-0.39, 0.29) is 16.7 Å². The maximum absolute atomic E-state index is 14.2. The minimum atomic E-state index is -0.929. The highest BCUT2D eigenvalue weighted by Crippen LogP contribution is 2.46. The predicted molar refractivity (Wildman–Crippen MR) is 113 cm³/mol. The summed E-state index contributed by atoms with van der Waals surface area (Å²) in [6.07, 6.45) is 3.81. The van der Waals surface area contributed by atoms with Crippen molar-refractivity contribution >= 4 is 27.7 Å². The van der Waals surface area contributed by atoms with Gasteiger partial charge in [-0.15, -0.1) is 0 Å². The Balaban J connectivity index is 1.52. The normalized spacial score (nSPS) is 24.8. The molecule has 1 saturated heterocycles. The zero-order valence-electron chi connectivity index (χ0n) is 16.6. The van der Waals surface area contributed by atoms with Crippen molar-refractivity contribution in [1.82, 2.24) is 20.0 Å². The topological polar surface area (TPSA) is 35.2 Å². The first-order chi connectivity index (χ1) is 14.4. The first-order valence-electron chi connectivity index (χ1n) is 9.91. The number of H-pyrrole nitrogens is 1.